The van der Waals surface area contributed by atoms with Crippen molar-refractivity contribution in [1.29, 1.82) is 0 Å². The summed E-state index contributed by atoms with van der Waals surface area (Å²) in [5.74, 6) is 1.49. The summed E-state index contributed by atoms with van der Waals surface area (Å²) in [6.45, 7) is 1.50. The Bertz CT molecular complexity index is 914. The van der Waals surface area contributed by atoms with Crippen molar-refractivity contribution in [2.24, 2.45) is 0 Å². The molecule has 4 rings (SSSR count). The number of ether oxygens (including phenoxy) is 1. The molecule has 0 aliphatic carbocycles. The second-order valence-corrected chi connectivity index (χ2v) is 7.06. The smallest absolute Gasteiger partial charge is 0.210 e. The van der Waals surface area contributed by atoms with Crippen LogP contribution in [0.25, 0.3) is 11.1 Å². The zero-order valence-corrected chi connectivity index (χ0v) is 15.9. The van der Waals surface area contributed by atoms with E-state index < -0.39 is 0 Å². The standard InChI is InChI=1S/C21H20ClN3O3/c22-16-5-3-15(4-6-16)19-7-9-27-21(19)20-12-25(14-26)17(10-24-20)13-28-18-2-1-8-23-11-18/h1-9,11,14,17,20,24H,10,12-13H2. The van der Waals surface area contributed by atoms with Gasteiger partial charge in [0.1, 0.15) is 18.1 Å². The Hall–Kier alpha value is -2.83. The number of pyridine rings is 1. The van der Waals surface area contributed by atoms with Gasteiger partial charge in [-0.15, -0.1) is 0 Å². The first kappa shape index (κ1) is 18.5. The number of benzene rings is 1. The monoisotopic (exact) mass is 397 g/mol. The van der Waals surface area contributed by atoms with E-state index >= 15 is 0 Å². The van der Waals surface area contributed by atoms with E-state index in [1.165, 1.54) is 0 Å². The van der Waals surface area contributed by atoms with E-state index in [1.807, 2.05) is 42.5 Å². The highest BCUT2D eigenvalue weighted by molar-refractivity contribution is 6.30. The number of furan rings is 1. The lowest BCUT2D eigenvalue weighted by molar-refractivity contribution is -0.122. The van der Waals surface area contributed by atoms with Gasteiger partial charge in [-0.2, -0.15) is 0 Å². The Balaban J connectivity index is 1.45. The number of halogens is 1. The van der Waals surface area contributed by atoms with Gasteiger partial charge in [0, 0.05) is 29.9 Å². The lowest BCUT2D eigenvalue weighted by atomic mass is 10.0. The lowest BCUT2D eigenvalue weighted by Gasteiger charge is -2.37. The van der Waals surface area contributed by atoms with E-state index in [0.29, 0.717) is 30.5 Å². The highest BCUT2D eigenvalue weighted by Crippen LogP contribution is 2.32. The maximum Gasteiger partial charge on any atom is 0.210 e. The summed E-state index contributed by atoms with van der Waals surface area (Å²) in [6, 6.07) is 13.1. The van der Waals surface area contributed by atoms with Crippen LogP contribution in [0.4, 0.5) is 0 Å². The number of nitrogens with one attached hydrogen (secondary N) is 1. The number of rotatable bonds is 6. The number of amides is 1. The highest BCUT2D eigenvalue weighted by atomic mass is 35.5. The van der Waals surface area contributed by atoms with Gasteiger partial charge in [-0.1, -0.05) is 23.7 Å². The van der Waals surface area contributed by atoms with Gasteiger partial charge in [-0.05, 0) is 35.9 Å². The van der Waals surface area contributed by atoms with Crippen LogP contribution in [0.15, 0.2) is 65.5 Å². The predicted octanol–water partition coefficient (Wildman–Crippen LogP) is 3.55. The quantitative estimate of drug-likeness (QED) is 0.644. The molecule has 2 unspecified atom stereocenters. The minimum absolute atomic E-state index is 0.0668. The second kappa shape index (κ2) is 8.46. The molecule has 144 valence electrons. The van der Waals surface area contributed by atoms with Crippen LogP contribution in [0.2, 0.25) is 5.02 Å². The third-order valence-corrected chi connectivity index (χ3v) is 5.09. The normalized spacial score (nSPS) is 19.4. The van der Waals surface area contributed by atoms with Gasteiger partial charge in [-0.3, -0.25) is 9.78 Å². The van der Waals surface area contributed by atoms with Gasteiger partial charge in [0.25, 0.3) is 0 Å². The molecule has 0 spiro atoms. The molecule has 1 fully saturated rings. The first-order valence-corrected chi connectivity index (χ1v) is 9.43. The molecule has 7 heteroatoms. The van der Waals surface area contributed by atoms with Crippen molar-refractivity contribution in [3.63, 3.8) is 0 Å². The SMILES string of the molecule is O=CN1CC(c2occc2-c2ccc(Cl)cc2)NCC1COc1cccnc1. The average Bonchev–Trinajstić information content (AvgIpc) is 3.23. The minimum atomic E-state index is -0.0967. The number of hydrogen-bond donors (Lipinski definition) is 1. The molecule has 2 atom stereocenters. The van der Waals surface area contributed by atoms with Gasteiger partial charge in [0.05, 0.1) is 24.5 Å². The van der Waals surface area contributed by atoms with E-state index in [9.17, 15) is 4.79 Å². The molecule has 3 aromatic rings. The van der Waals surface area contributed by atoms with E-state index in [4.69, 9.17) is 20.8 Å². The molecular weight excluding hydrogens is 378 g/mol. The van der Waals surface area contributed by atoms with Crippen LogP contribution in [0.5, 0.6) is 5.75 Å². The molecule has 1 aliphatic rings. The molecule has 0 radical (unpaired) electrons. The number of aromatic nitrogens is 1. The largest absolute Gasteiger partial charge is 0.490 e. The predicted molar refractivity (Wildman–Crippen MR) is 106 cm³/mol. The van der Waals surface area contributed by atoms with Crippen molar-refractivity contribution >= 4 is 18.0 Å². The summed E-state index contributed by atoms with van der Waals surface area (Å²) in [4.78, 5) is 17.5. The number of piperazine rings is 1. The highest BCUT2D eigenvalue weighted by Gasteiger charge is 2.31. The molecule has 0 bridgehead atoms. The van der Waals surface area contributed by atoms with E-state index in [1.54, 1.807) is 23.6 Å². The first-order chi connectivity index (χ1) is 13.7. The fraction of sp³-hybridized carbons (Fsp3) is 0.238. The molecule has 1 N–H and O–H groups in total. The summed E-state index contributed by atoms with van der Waals surface area (Å²) in [6.07, 6.45) is 5.89. The van der Waals surface area contributed by atoms with Crippen molar-refractivity contribution < 1.29 is 13.9 Å². The van der Waals surface area contributed by atoms with Crippen LogP contribution in [0.1, 0.15) is 11.8 Å². The van der Waals surface area contributed by atoms with Crippen molar-refractivity contribution in [3.05, 3.63) is 71.9 Å². The Kier molecular flexibility index (Phi) is 5.60. The number of nitrogens with zero attached hydrogens (tertiary/aromatic N) is 2. The molecule has 1 aromatic carbocycles. The zero-order chi connectivity index (χ0) is 19.3. The Morgan fingerprint density at radius 3 is 2.89 bits per heavy atom. The summed E-state index contributed by atoms with van der Waals surface area (Å²) >= 11 is 5.99. The molecule has 1 saturated heterocycles. The molecule has 3 heterocycles. The summed E-state index contributed by atoms with van der Waals surface area (Å²) in [5.41, 5.74) is 2.01. The maximum absolute atomic E-state index is 11.7. The third kappa shape index (κ3) is 4.03. The van der Waals surface area contributed by atoms with Crippen molar-refractivity contribution in [2.45, 2.75) is 12.1 Å². The summed E-state index contributed by atoms with van der Waals surface area (Å²) < 4.78 is 11.5. The van der Waals surface area contributed by atoms with E-state index in [2.05, 4.69) is 10.3 Å². The minimum Gasteiger partial charge on any atom is -0.490 e. The van der Waals surface area contributed by atoms with Crippen LogP contribution in [-0.4, -0.2) is 42.0 Å². The van der Waals surface area contributed by atoms with Gasteiger partial charge in [0.15, 0.2) is 0 Å². The number of carbonyl (C=O) groups is 1. The van der Waals surface area contributed by atoms with Crippen molar-refractivity contribution in [1.82, 2.24) is 15.2 Å². The van der Waals surface area contributed by atoms with Crippen molar-refractivity contribution in [2.75, 3.05) is 19.7 Å². The second-order valence-electron chi connectivity index (χ2n) is 6.62. The van der Waals surface area contributed by atoms with Crippen molar-refractivity contribution in [3.8, 4) is 16.9 Å². The fourth-order valence-corrected chi connectivity index (χ4v) is 3.49. The molecule has 6 nitrogen and oxygen atoms in total. The number of carbonyl (C=O) groups excluding carboxylic acids is 1. The average molecular weight is 398 g/mol. The van der Waals surface area contributed by atoms with Gasteiger partial charge < -0.3 is 19.4 Å². The summed E-state index contributed by atoms with van der Waals surface area (Å²) in [7, 11) is 0. The van der Waals surface area contributed by atoms with E-state index in [0.717, 1.165) is 23.3 Å². The van der Waals surface area contributed by atoms with Gasteiger partial charge in [-0.25, -0.2) is 0 Å². The van der Waals surface area contributed by atoms with Crippen LogP contribution in [0, 0.1) is 0 Å². The lowest BCUT2D eigenvalue weighted by Crippen LogP contribution is -2.54. The van der Waals surface area contributed by atoms with Gasteiger partial charge >= 0.3 is 0 Å². The Morgan fingerprint density at radius 1 is 1.29 bits per heavy atom. The third-order valence-electron chi connectivity index (χ3n) is 4.84. The molecule has 1 aliphatic heterocycles. The Morgan fingerprint density at radius 2 is 2.14 bits per heavy atom. The van der Waals surface area contributed by atoms with Crippen LogP contribution in [-0.2, 0) is 4.79 Å². The number of hydrogen-bond acceptors (Lipinski definition) is 5. The van der Waals surface area contributed by atoms with Crippen LogP contribution >= 0.6 is 11.6 Å². The molecule has 1 amide bonds. The van der Waals surface area contributed by atoms with Gasteiger partial charge in [0.2, 0.25) is 6.41 Å². The van der Waals surface area contributed by atoms with Crippen LogP contribution < -0.4 is 10.1 Å². The molecule has 2 aromatic heterocycles. The fourth-order valence-electron chi connectivity index (χ4n) is 3.36. The summed E-state index contributed by atoms with van der Waals surface area (Å²) in [5, 5.41) is 4.17. The van der Waals surface area contributed by atoms with E-state index in [-0.39, 0.29) is 12.1 Å². The molecule has 28 heavy (non-hydrogen) atoms. The molecular formula is C21H20ClN3O3. The zero-order valence-electron chi connectivity index (χ0n) is 15.1. The maximum atomic E-state index is 11.7. The Labute approximate surface area is 168 Å². The first-order valence-electron chi connectivity index (χ1n) is 9.05. The topological polar surface area (TPSA) is 67.6 Å². The molecule has 0 saturated carbocycles. The van der Waals surface area contributed by atoms with Crippen LogP contribution in [0.3, 0.4) is 0 Å².